The second kappa shape index (κ2) is 8.62. The van der Waals surface area contributed by atoms with Gasteiger partial charge in [0.1, 0.15) is 0 Å². The summed E-state index contributed by atoms with van der Waals surface area (Å²) in [5, 5.41) is 5.79. The molecule has 0 radical (unpaired) electrons. The summed E-state index contributed by atoms with van der Waals surface area (Å²) in [6.45, 7) is 6.15. The van der Waals surface area contributed by atoms with Crippen molar-refractivity contribution in [1.29, 1.82) is 0 Å². The molecule has 2 amide bonds. The van der Waals surface area contributed by atoms with Crippen LogP contribution in [0.5, 0.6) is 0 Å². The minimum absolute atomic E-state index is 0.232. The highest BCUT2D eigenvalue weighted by Crippen LogP contribution is 2.31. The Kier molecular flexibility index (Phi) is 6.18. The molecule has 0 saturated heterocycles. The zero-order chi connectivity index (χ0) is 21.0. The van der Waals surface area contributed by atoms with E-state index in [9.17, 15) is 9.59 Å². The molecule has 3 aromatic carbocycles. The molecule has 0 aliphatic rings. The fraction of sp³-hybridized carbons (Fsp3) is 0.167. The lowest BCUT2D eigenvalue weighted by Crippen LogP contribution is -2.21. The molecule has 0 aliphatic heterocycles. The Bertz CT molecular complexity index is 951. The van der Waals surface area contributed by atoms with E-state index in [0.29, 0.717) is 27.0 Å². The van der Waals surface area contributed by atoms with Gasteiger partial charge in [0, 0.05) is 15.8 Å². The molecule has 5 heteroatoms. The summed E-state index contributed by atoms with van der Waals surface area (Å²) in [6.07, 6.45) is 0. The number of amides is 2. The van der Waals surface area contributed by atoms with Gasteiger partial charge in [-0.15, -0.1) is 0 Å². The normalized spacial score (nSPS) is 11.0. The number of nitrogens with one attached hydrogen (secondary N) is 2. The summed E-state index contributed by atoms with van der Waals surface area (Å²) in [5.41, 5.74) is 2.89. The summed E-state index contributed by atoms with van der Waals surface area (Å²) in [6, 6.07) is 22.2. The molecule has 148 valence electrons. The Balaban J connectivity index is 2.01. The number of benzene rings is 3. The van der Waals surface area contributed by atoms with Crippen molar-refractivity contribution in [2.45, 2.75) is 26.2 Å². The number of rotatable bonds is 4. The van der Waals surface area contributed by atoms with Gasteiger partial charge in [-0.3, -0.25) is 9.59 Å². The lowest BCUT2D eigenvalue weighted by molar-refractivity contribution is 0.102. The van der Waals surface area contributed by atoms with Gasteiger partial charge in [0.25, 0.3) is 11.8 Å². The van der Waals surface area contributed by atoms with Crippen molar-refractivity contribution >= 4 is 39.1 Å². The summed E-state index contributed by atoms with van der Waals surface area (Å²) in [5.74, 6) is -0.550. The first-order valence-corrected chi connectivity index (χ1v) is 10.1. The maximum absolute atomic E-state index is 13.0. The van der Waals surface area contributed by atoms with Crippen molar-refractivity contribution in [2.75, 3.05) is 10.6 Å². The fourth-order valence-electron chi connectivity index (χ4n) is 2.83. The van der Waals surface area contributed by atoms with Crippen LogP contribution in [-0.2, 0) is 5.41 Å². The number of para-hydroxylation sites is 2. The number of anilines is 2. The van der Waals surface area contributed by atoms with E-state index in [0.717, 1.165) is 5.56 Å². The summed E-state index contributed by atoms with van der Waals surface area (Å²) in [4.78, 5) is 25.9. The average Bonchev–Trinajstić information content (AvgIpc) is 2.68. The predicted molar refractivity (Wildman–Crippen MR) is 122 cm³/mol. The van der Waals surface area contributed by atoms with Crippen molar-refractivity contribution in [2.24, 2.45) is 0 Å². The van der Waals surface area contributed by atoms with E-state index < -0.39 is 0 Å². The van der Waals surface area contributed by atoms with Gasteiger partial charge in [0.15, 0.2) is 0 Å². The van der Waals surface area contributed by atoms with Crippen molar-refractivity contribution in [1.82, 2.24) is 0 Å². The smallest absolute Gasteiger partial charge is 0.256 e. The molecular formula is C24H23BrN2O2. The average molecular weight is 451 g/mol. The van der Waals surface area contributed by atoms with Crippen LogP contribution >= 0.6 is 15.9 Å². The maximum Gasteiger partial charge on any atom is 0.256 e. The Labute approximate surface area is 179 Å². The van der Waals surface area contributed by atoms with Crippen LogP contribution in [0, 0.1) is 0 Å². The van der Waals surface area contributed by atoms with Gasteiger partial charge >= 0.3 is 0 Å². The number of halogens is 1. The molecule has 3 rings (SSSR count). The molecule has 0 spiro atoms. The van der Waals surface area contributed by atoms with Crippen LogP contribution in [0.15, 0.2) is 77.3 Å². The molecule has 0 fully saturated rings. The zero-order valence-corrected chi connectivity index (χ0v) is 18.2. The molecule has 3 aromatic rings. The van der Waals surface area contributed by atoms with Gasteiger partial charge in [0.2, 0.25) is 0 Å². The third-order valence-electron chi connectivity index (χ3n) is 4.49. The van der Waals surface area contributed by atoms with Crippen LogP contribution in [-0.4, -0.2) is 11.8 Å². The molecule has 0 aliphatic carbocycles. The first-order valence-electron chi connectivity index (χ1n) is 9.32. The quantitative estimate of drug-likeness (QED) is 0.493. The molecule has 0 unspecified atom stereocenters. The summed E-state index contributed by atoms with van der Waals surface area (Å²) < 4.78 is 0.465. The zero-order valence-electron chi connectivity index (χ0n) is 16.6. The first-order chi connectivity index (χ1) is 13.8. The van der Waals surface area contributed by atoms with Crippen LogP contribution in [0.3, 0.4) is 0 Å². The van der Waals surface area contributed by atoms with E-state index in [4.69, 9.17) is 0 Å². The second-order valence-corrected chi connectivity index (χ2v) is 8.57. The van der Waals surface area contributed by atoms with Gasteiger partial charge in [-0.05, 0) is 63.3 Å². The topological polar surface area (TPSA) is 58.2 Å². The number of hydrogen-bond acceptors (Lipinski definition) is 2. The first kappa shape index (κ1) is 20.8. The standard InChI is InChI=1S/C24H23BrN2O2/c1-24(2,3)16-14-19(22(28)26-17-10-6-4-7-11-17)21(25)20(15-16)23(29)27-18-12-8-5-9-13-18/h4-15H,1-3H3,(H,26,28)(H,27,29). The van der Waals surface area contributed by atoms with Crippen LogP contribution in [0.2, 0.25) is 0 Å². The predicted octanol–water partition coefficient (Wildman–Crippen LogP) is 6.25. The Hall–Kier alpha value is -2.92. The Morgan fingerprint density at radius 3 is 1.45 bits per heavy atom. The Morgan fingerprint density at radius 1 is 0.724 bits per heavy atom. The summed E-state index contributed by atoms with van der Waals surface area (Å²) >= 11 is 3.49. The van der Waals surface area contributed by atoms with E-state index in [-0.39, 0.29) is 17.2 Å². The largest absolute Gasteiger partial charge is 0.322 e. The van der Waals surface area contributed by atoms with E-state index in [1.165, 1.54) is 0 Å². The highest BCUT2D eigenvalue weighted by molar-refractivity contribution is 9.10. The molecular weight excluding hydrogens is 428 g/mol. The van der Waals surface area contributed by atoms with E-state index in [2.05, 4.69) is 26.6 Å². The van der Waals surface area contributed by atoms with Gasteiger partial charge < -0.3 is 10.6 Å². The minimum Gasteiger partial charge on any atom is -0.322 e. The van der Waals surface area contributed by atoms with Crippen LogP contribution in [0.25, 0.3) is 0 Å². The van der Waals surface area contributed by atoms with Gasteiger partial charge in [-0.1, -0.05) is 57.2 Å². The van der Waals surface area contributed by atoms with Gasteiger partial charge in [-0.25, -0.2) is 0 Å². The molecule has 0 atom stereocenters. The van der Waals surface area contributed by atoms with E-state index >= 15 is 0 Å². The molecule has 0 bridgehead atoms. The molecule has 29 heavy (non-hydrogen) atoms. The second-order valence-electron chi connectivity index (χ2n) is 7.78. The highest BCUT2D eigenvalue weighted by atomic mass is 79.9. The molecule has 0 aromatic heterocycles. The van der Waals surface area contributed by atoms with Crippen molar-refractivity contribution in [3.8, 4) is 0 Å². The fourth-order valence-corrected chi connectivity index (χ4v) is 3.42. The monoisotopic (exact) mass is 450 g/mol. The SMILES string of the molecule is CC(C)(C)c1cc(C(=O)Nc2ccccc2)c(Br)c(C(=O)Nc2ccccc2)c1. The third-order valence-corrected chi connectivity index (χ3v) is 5.35. The third kappa shape index (κ3) is 5.12. The van der Waals surface area contributed by atoms with Crippen molar-refractivity contribution in [3.05, 3.63) is 94.0 Å². The lowest BCUT2D eigenvalue weighted by atomic mass is 9.84. The van der Waals surface area contributed by atoms with Crippen molar-refractivity contribution < 1.29 is 9.59 Å². The summed E-state index contributed by atoms with van der Waals surface area (Å²) in [7, 11) is 0. The molecule has 2 N–H and O–H groups in total. The molecule has 0 saturated carbocycles. The van der Waals surface area contributed by atoms with Crippen molar-refractivity contribution in [3.63, 3.8) is 0 Å². The number of carbonyl (C=O) groups is 2. The van der Waals surface area contributed by atoms with Crippen LogP contribution in [0.1, 0.15) is 47.1 Å². The lowest BCUT2D eigenvalue weighted by Gasteiger charge is -2.22. The molecule has 4 nitrogen and oxygen atoms in total. The van der Waals surface area contributed by atoms with E-state index in [1.54, 1.807) is 0 Å². The minimum atomic E-state index is -0.275. The van der Waals surface area contributed by atoms with Crippen LogP contribution < -0.4 is 10.6 Å². The van der Waals surface area contributed by atoms with Crippen LogP contribution in [0.4, 0.5) is 11.4 Å². The Morgan fingerprint density at radius 2 is 1.10 bits per heavy atom. The molecule has 0 heterocycles. The highest BCUT2D eigenvalue weighted by Gasteiger charge is 2.24. The van der Waals surface area contributed by atoms with Gasteiger partial charge in [0.05, 0.1) is 11.1 Å². The van der Waals surface area contributed by atoms with E-state index in [1.807, 2.05) is 93.6 Å². The maximum atomic E-state index is 13.0. The van der Waals surface area contributed by atoms with Gasteiger partial charge in [-0.2, -0.15) is 0 Å². The number of hydrogen-bond donors (Lipinski definition) is 2. The number of carbonyl (C=O) groups excluding carboxylic acids is 2.